The molecule has 0 unspecified atom stereocenters. The number of rotatable bonds is 4. The van der Waals surface area contributed by atoms with Crippen molar-refractivity contribution in [1.82, 2.24) is 9.97 Å². The van der Waals surface area contributed by atoms with Crippen LogP contribution in [-0.2, 0) is 6.42 Å². The first-order valence-electron chi connectivity index (χ1n) is 5.56. The van der Waals surface area contributed by atoms with Gasteiger partial charge in [-0.25, -0.2) is 4.98 Å². The number of aryl methyl sites for hydroxylation is 1. The molecule has 2 rings (SSSR count). The largest absolute Gasteiger partial charge is 0.493 e. The highest BCUT2D eigenvalue weighted by Gasteiger charge is 2.07. The molecular weight excluding hydrogens is 252 g/mol. The van der Waals surface area contributed by atoms with Gasteiger partial charge in [0.1, 0.15) is 0 Å². The van der Waals surface area contributed by atoms with E-state index in [1.807, 2.05) is 18.2 Å². The van der Waals surface area contributed by atoms with E-state index in [0.717, 1.165) is 6.42 Å². The summed E-state index contributed by atoms with van der Waals surface area (Å²) in [7, 11) is 1.61. The van der Waals surface area contributed by atoms with E-state index in [2.05, 4.69) is 16.9 Å². The van der Waals surface area contributed by atoms with Crippen molar-refractivity contribution >= 4 is 11.6 Å². The standard InChI is InChI=1S/C13H13ClN2O2/c1-3-9-4-5-10(11(8-9)17-2)18-12-6-7-15-13(14)16-12/h4-8H,3H2,1-2H3. The Morgan fingerprint density at radius 2 is 2.06 bits per heavy atom. The van der Waals surface area contributed by atoms with Crippen LogP contribution in [-0.4, -0.2) is 17.1 Å². The fraction of sp³-hybridized carbons (Fsp3) is 0.231. The molecule has 18 heavy (non-hydrogen) atoms. The lowest BCUT2D eigenvalue weighted by atomic mass is 10.1. The third-order valence-corrected chi connectivity index (χ3v) is 2.63. The smallest absolute Gasteiger partial charge is 0.225 e. The van der Waals surface area contributed by atoms with Crippen molar-refractivity contribution in [3.63, 3.8) is 0 Å². The summed E-state index contributed by atoms with van der Waals surface area (Å²) in [5, 5.41) is 0.150. The third kappa shape index (κ3) is 2.90. The topological polar surface area (TPSA) is 44.2 Å². The maximum Gasteiger partial charge on any atom is 0.225 e. The van der Waals surface area contributed by atoms with Crippen LogP contribution in [0.5, 0.6) is 17.4 Å². The van der Waals surface area contributed by atoms with Crippen LogP contribution in [0.2, 0.25) is 5.28 Å². The lowest BCUT2D eigenvalue weighted by Crippen LogP contribution is -1.94. The molecule has 94 valence electrons. The van der Waals surface area contributed by atoms with Gasteiger partial charge in [-0.2, -0.15) is 4.98 Å². The predicted octanol–water partition coefficient (Wildman–Crippen LogP) is 3.49. The summed E-state index contributed by atoms with van der Waals surface area (Å²) in [6.07, 6.45) is 2.48. The van der Waals surface area contributed by atoms with Gasteiger partial charge in [0, 0.05) is 12.3 Å². The van der Waals surface area contributed by atoms with Gasteiger partial charge in [0.25, 0.3) is 0 Å². The summed E-state index contributed by atoms with van der Waals surface area (Å²) in [4.78, 5) is 7.76. The molecule has 0 spiro atoms. The van der Waals surface area contributed by atoms with Crippen LogP contribution in [0.1, 0.15) is 12.5 Å². The first-order valence-corrected chi connectivity index (χ1v) is 5.94. The van der Waals surface area contributed by atoms with Gasteiger partial charge < -0.3 is 9.47 Å². The highest BCUT2D eigenvalue weighted by molar-refractivity contribution is 6.28. The molecule has 0 radical (unpaired) electrons. The Hall–Kier alpha value is -1.81. The van der Waals surface area contributed by atoms with Gasteiger partial charge in [0.15, 0.2) is 11.5 Å². The van der Waals surface area contributed by atoms with Crippen molar-refractivity contribution < 1.29 is 9.47 Å². The Bertz CT molecular complexity index is 546. The Kier molecular flexibility index (Phi) is 3.99. The predicted molar refractivity (Wildman–Crippen MR) is 69.5 cm³/mol. The van der Waals surface area contributed by atoms with E-state index in [1.54, 1.807) is 13.2 Å². The zero-order chi connectivity index (χ0) is 13.0. The zero-order valence-corrected chi connectivity index (χ0v) is 10.9. The SMILES string of the molecule is CCc1ccc(Oc2ccnc(Cl)n2)c(OC)c1. The van der Waals surface area contributed by atoms with Crippen molar-refractivity contribution in [3.8, 4) is 17.4 Å². The van der Waals surface area contributed by atoms with Gasteiger partial charge in [-0.3, -0.25) is 0 Å². The molecule has 0 aliphatic carbocycles. The van der Waals surface area contributed by atoms with Gasteiger partial charge >= 0.3 is 0 Å². The Morgan fingerprint density at radius 1 is 1.22 bits per heavy atom. The number of nitrogens with zero attached hydrogens (tertiary/aromatic N) is 2. The second-order valence-corrected chi connectivity index (χ2v) is 3.94. The number of hydrogen-bond donors (Lipinski definition) is 0. The van der Waals surface area contributed by atoms with Gasteiger partial charge in [-0.1, -0.05) is 13.0 Å². The first kappa shape index (κ1) is 12.6. The molecule has 4 nitrogen and oxygen atoms in total. The van der Waals surface area contributed by atoms with Crippen molar-refractivity contribution in [2.75, 3.05) is 7.11 Å². The highest BCUT2D eigenvalue weighted by atomic mass is 35.5. The van der Waals surface area contributed by atoms with E-state index in [-0.39, 0.29) is 5.28 Å². The van der Waals surface area contributed by atoms with E-state index in [9.17, 15) is 0 Å². The molecule has 1 aromatic heterocycles. The van der Waals surface area contributed by atoms with Crippen LogP contribution in [0.3, 0.4) is 0 Å². The van der Waals surface area contributed by atoms with E-state index < -0.39 is 0 Å². The van der Waals surface area contributed by atoms with Gasteiger partial charge in [-0.15, -0.1) is 0 Å². The van der Waals surface area contributed by atoms with Crippen LogP contribution in [0.4, 0.5) is 0 Å². The summed E-state index contributed by atoms with van der Waals surface area (Å²) in [5.41, 5.74) is 1.18. The van der Waals surface area contributed by atoms with Gasteiger partial charge in [0.05, 0.1) is 7.11 Å². The molecule has 1 aromatic carbocycles. The molecule has 0 saturated heterocycles. The Morgan fingerprint density at radius 3 is 2.72 bits per heavy atom. The summed E-state index contributed by atoms with van der Waals surface area (Å²) in [5.74, 6) is 1.66. The molecule has 0 bridgehead atoms. The molecule has 0 aliphatic rings. The molecule has 0 saturated carbocycles. The van der Waals surface area contributed by atoms with Crippen molar-refractivity contribution in [3.05, 3.63) is 41.3 Å². The Labute approximate surface area is 111 Å². The fourth-order valence-electron chi connectivity index (χ4n) is 1.51. The average Bonchev–Trinajstić information content (AvgIpc) is 2.39. The summed E-state index contributed by atoms with van der Waals surface area (Å²) in [6.45, 7) is 2.08. The van der Waals surface area contributed by atoms with Crippen LogP contribution in [0.15, 0.2) is 30.5 Å². The third-order valence-electron chi connectivity index (χ3n) is 2.45. The van der Waals surface area contributed by atoms with Crippen molar-refractivity contribution in [2.24, 2.45) is 0 Å². The van der Waals surface area contributed by atoms with Gasteiger partial charge in [0.2, 0.25) is 11.2 Å². The molecule has 0 fully saturated rings. The van der Waals surface area contributed by atoms with Crippen LogP contribution in [0, 0.1) is 0 Å². The molecule has 2 aromatic rings. The van der Waals surface area contributed by atoms with Crippen molar-refractivity contribution in [2.45, 2.75) is 13.3 Å². The average molecular weight is 265 g/mol. The molecule has 5 heteroatoms. The summed E-state index contributed by atoms with van der Waals surface area (Å²) in [6, 6.07) is 7.42. The second kappa shape index (κ2) is 5.69. The van der Waals surface area contributed by atoms with Crippen LogP contribution in [0.25, 0.3) is 0 Å². The molecule has 0 aliphatic heterocycles. The van der Waals surface area contributed by atoms with E-state index in [4.69, 9.17) is 21.1 Å². The normalized spacial score (nSPS) is 10.2. The number of benzene rings is 1. The monoisotopic (exact) mass is 264 g/mol. The zero-order valence-electron chi connectivity index (χ0n) is 10.2. The Balaban J connectivity index is 2.28. The highest BCUT2D eigenvalue weighted by Crippen LogP contribution is 2.31. The van der Waals surface area contributed by atoms with E-state index >= 15 is 0 Å². The number of aromatic nitrogens is 2. The number of methoxy groups -OCH3 is 1. The lowest BCUT2D eigenvalue weighted by Gasteiger charge is -2.10. The first-order chi connectivity index (χ1) is 8.72. The van der Waals surface area contributed by atoms with Gasteiger partial charge in [-0.05, 0) is 35.7 Å². The molecule has 0 amide bonds. The molecule has 0 N–H and O–H groups in total. The van der Waals surface area contributed by atoms with Crippen LogP contribution < -0.4 is 9.47 Å². The minimum Gasteiger partial charge on any atom is -0.493 e. The number of ether oxygens (including phenoxy) is 2. The molecule has 0 atom stereocenters. The lowest BCUT2D eigenvalue weighted by molar-refractivity contribution is 0.373. The summed E-state index contributed by atoms with van der Waals surface area (Å²) < 4.78 is 10.9. The second-order valence-electron chi connectivity index (χ2n) is 3.60. The fourth-order valence-corrected chi connectivity index (χ4v) is 1.64. The minimum absolute atomic E-state index is 0.150. The molecular formula is C13H13ClN2O2. The van der Waals surface area contributed by atoms with Crippen molar-refractivity contribution in [1.29, 1.82) is 0 Å². The number of halogens is 1. The minimum atomic E-state index is 0.150. The van der Waals surface area contributed by atoms with E-state index in [1.165, 1.54) is 11.8 Å². The quantitative estimate of drug-likeness (QED) is 0.793. The maximum atomic E-state index is 5.70. The maximum absolute atomic E-state index is 5.70. The van der Waals surface area contributed by atoms with E-state index in [0.29, 0.717) is 17.4 Å². The summed E-state index contributed by atoms with van der Waals surface area (Å²) >= 11 is 5.70. The van der Waals surface area contributed by atoms with Crippen LogP contribution >= 0.6 is 11.6 Å². The number of hydrogen-bond acceptors (Lipinski definition) is 4. The molecule has 1 heterocycles.